The molecule has 2 nitrogen and oxygen atoms in total. The Bertz CT molecular complexity index is 149. The Labute approximate surface area is 80.4 Å². The van der Waals surface area contributed by atoms with Gasteiger partial charge in [0.2, 0.25) is 0 Å². The van der Waals surface area contributed by atoms with Crippen LogP contribution in [0.25, 0.3) is 0 Å². The normalized spacial score (nSPS) is 33.5. The Balaban J connectivity index is 2.51. The van der Waals surface area contributed by atoms with Crippen LogP contribution in [0.5, 0.6) is 0 Å². The zero-order chi connectivity index (χ0) is 9.30. The van der Waals surface area contributed by atoms with Gasteiger partial charge in [-0.25, -0.2) is 10.0 Å². The average Bonchev–Trinajstić information content (AvgIpc) is 2.16. The van der Waals surface area contributed by atoms with Gasteiger partial charge in [-0.3, -0.25) is 0 Å². The molecule has 0 aromatic heterocycles. The molecule has 72 valence electrons. The first-order valence-electron chi connectivity index (χ1n) is 4.60. The lowest BCUT2D eigenvalue weighted by Gasteiger charge is -2.26. The predicted octanol–water partition coefficient (Wildman–Crippen LogP) is 1.80. The third-order valence-corrected chi connectivity index (χ3v) is 3.02. The summed E-state index contributed by atoms with van der Waals surface area (Å²) in [6.07, 6.45) is 1.19. The molecule has 0 radical (unpaired) electrons. The minimum absolute atomic E-state index is 0.294. The summed E-state index contributed by atoms with van der Waals surface area (Å²) < 4.78 is 0. The molecule has 12 heavy (non-hydrogen) atoms. The molecule has 3 heteroatoms. The van der Waals surface area contributed by atoms with Gasteiger partial charge in [-0.05, 0) is 12.3 Å². The predicted molar refractivity (Wildman–Crippen MR) is 53.3 cm³/mol. The van der Waals surface area contributed by atoms with Crippen LogP contribution in [0.15, 0.2) is 0 Å². The van der Waals surface area contributed by atoms with Crippen molar-refractivity contribution in [3.05, 3.63) is 0 Å². The first kappa shape index (κ1) is 10.3. The Morgan fingerprint density at radius 1 is 1.42 bits per heavy atom. The molecule has 2 unspecified atom stereocenters. The van der Waals surface area contributed by atoms with Crippen molar-refractivity contribution in [2.75, 3.05) is 20.6 Å². The number of hydrogen-bond donors (Lipinski definition) is 0. The highest BCUT2D eigenvalue weighted by atomic mass is 35.5. The first-order chi connectivity index (χ1) is 5.52. The monoisotopic (exact) mass is 190 g/mol. The van der Waals surface area contributed by atoms with Gasteiger partial charge >= 0.3 is 0 Å². The number of hydrogen-bond acceptors (Lipinski definition) is 2. The topological polar surface area (TPSA) is 6.48 Å². The van der Waals surface area contributed by atoms with Crippen molar-refractivity contribution < 1.29 is 0 Å². The fourth-order valence-electron chi connectivity index (χ4n) is 1.77. The number of nitrogens with zero attached hydrogens (tertiary/aromatic N) is 2. The van der Waals surface area contributed by atoms with Gasteiger partial charge in [-0.2, -0.15) is 0 Å². The van der Waals surface area contributed by atoms with Crippen molar-refractivity contribution in [1.82, 2.24) is 10.0 Å². The second-order valence-electron chi connectivity index (χ2n) is 4.13. The van der Waals surface area contributed by atoms with E-state index in [1.807, 2.05) is 0 Å². The van der Waals surface area contributed by atoms with Crippen LogP contribution < -0.4 is 0 Å². The molecule has 0 spiro atoms. The van der Waals surface area contributed by atoms with Gasteiger partial charge in [0.15, 0.2) is 0 Å². The molecule has 1 aliphatic heterocycles. The van der Waals surface area contributed by atoms with E-state index in [1.165, 1.54) is 6.42 Å². The number of alkyl halides is 1. The lowest BCUT2D eigenvalue weighted by Crippen LogP contribution is -2.36. The van der Waals surface area contributed by atoms with Crippen LogP contribution >= 0.6 is 11.6 Å². The van der Waals surface area contributed by atoms with E-state index in [0.717, 1.165) is 12.5 Å². The summed E-state index contributed by atoms with van der Waals surface area (Å²) in [5.41, 5.74) is 0. The van der Waals surface area contributed by atoms with E-state index >= 15 is 0 Å². The van der Waals surface area contributed by atoms with E-state index in [2.05, 4.69) is 38.0 Å². The van der Waals surface area contributed by atoms with E-state index in [4.69, 9.17) is 11.6 Å². The van der Waals surface area contributed by atoms with Crippen LogP contribution in [-0.2, 0) is 0 Å². The van der Waals surface area contributed by atoms with E-state index in [0.29, 0.717) is 11.4 Å². The van der Waals surface area contributed by atoms with Crippen LogP contribution in [0.1, 0.15) is 20.3 Å². The minimum atomic E-state index is 0.294. The molecule has 1 aliphatic rings. The van der Waals surface area contributed by atoms with Gasteiger partial charge in [0.05, 0.1) is 5.38 Å². The van der Waals surface area contributed by atoms with E-state index in [-0.39, 0.29) is 0 Å². The molecule has 1 saturated heterocycles. The smallest absolute Gasteiger partial charge is 0.0646 e. The molecule has 2 atom stereocenters. The number of rotatable bonds is 2. The van der Waals surface area contributed by atoms with Gasteiger partial charge in [0.1, 0.15) is 0 Å². The molecule has 0 N–H and O–H groups in total. The molecule has 0 aromatic rings. The SMILES string of the molecule is CC(C)CC1C(Cl)CN(C)N1C. The Morgan fingerprint density at radius 3 is 2.33 bits per heavy atom. The maximum Gasteiger partial charge on any atom is 0.0646 e. The summed E-state index contributed by atoms with van der Waals surface area (Å²) in [4.78, 5) is 0. The van der Waals surface area contributed by atoms with Gasteiger partial charge in [-0.1, -0.05) is 13.8 Å². The van der Waals surface area contributed by atoms with Gasteiger partial charge in [0, 0.05) is 26.7 Å². The lowest BCUT2D eigenvalue weighted by atomic mass is 10.0. The minimum Gasteiger partial charge on any atom is -0.243 e. The molecule has 0 saturated carbocycles. The highest BCUT2D eigenvalue weighted by molar-refractivity contribution is 6.21. The van der Waals surface area contributed by atoms with Crippen molar-refractivity contribution in [2.24, 2.45) is 5.92 Å². The van der Waals surface area contributed by atoms with Crippen molar-refractivity contribution in [2.45, 2.75) is 31.7 Å². The Hall–Kier alpha value is 0.210. The molecule has 0 amide bonds. The molecule has 0 aromatic carbocycles. The van der Waals surface area contributed by atoms with Crippen molar-refractivity contribution in [3.8, 4) is 0 Å². The average molecular weight is 191 g/mol. The quantitative estimate of drug-likeness (QED) is 0.613. The van der Waals surface area contributed by atoms with Crippen molar-refractivity contribution in [3.63, 3.8) is 0 Å². The van der Waals surface area contributed by atoms with E-state index in [1.54, 1.807) is 0 Å². The fraction of sp³-hybridized carbons (Fsp3) is 1.00. The van der Waals surface area contributed by atoms with Gasteiger partial charge in [-0.15, -0.1) is 11.6 Å². The molecular weight excluding hydrogens is 172 g/mol. The molecule has 0 bridgehead atoms. The van der Waals surface area contributed by atoms with E-state index in [9.17, 15) is 0 Å². The molecule has 1 rings (SSSR count). The van der Waals surface area contributed by atoms with Crippen LogP contribution in [0, 0.1) is 5.92 Å². The van der Waals surface area contributed by atoms with Crippen molar-refractivity contribution in [1.29, 1.82) is 0 Å². The standard InChI is InChI=1S/C9H19ClN2/c1-7(2)5-9-8(10)6-11(3)12(9)4/h7-9H,5-6H2,1-4H3. The summed E-state index contributed by atoms with van der Waals surface area (Å²) in [5.74, 6) is 0.727. The third kappa shape index (κ3) is 2.12. The Kier molecular flexibility index (Phi) is 3.38. The number of hydrazine groups is 1. The highest BCUT2D eigenvalue weighted by Crippen LogP contribution is 2.25. The summed E-state index contributed by atoms with van der Waals surface area (Å²) in [6, 6.07) is 0.525. The van der Waals surface area contributed by atoms with Gasteiger partial charge in [0.25, 0.3) is 0 Å². The Morgan fingerprint density at radius 2 is 2.00 bits per heavy atom. The summed E-state index contributed by atoms with van der Waals surface area (Å²) in [5, 5.41) is 4.75. The van der Waals surface area contributed by atoms with Crippen LogP contribution in [-0.4, -0.2) is 42.1 Å². The van der Waals surface area contributed by atoms with Gasteiger partial charge < -0.3 is 0 Å². The summed E-state index contributed by atoms with van der Waals surface area (Å²) >= 11 is 6.23. The largest absolute Gasteiger partial charge is 0.243 e. The number of halogens is 1. The maximum absolute atomic E-state index is 6.23. The molecule has 0 aliphatic carbocycles. The van der Waals surface area contributed by atoms with Crippen LogP contribution in [0.4, 0.5) is 0 Å². The molecule has 1 heterocycles. The second kappa shape index (κ2) is 3.95. The first-order valence-corrected chi connectivity index (χ1v) is 5.04. The lowest BCUT2D eigenvalue weighted by molar-refractivity contribution is 0.0462. The summed E-state index contributed by atoms with van der Waals surface area (Å²) in [6.45, 7) is 5.47. The molecule has 1 fully saturated rings. The van der Waals surface area contributed by atoms with E-state index < -0.39 is 0 Å². The zero-order valence-electron chi connectivity index (χ0n) is 8.42. The van der Waals surface area contributed by atoms with Crippen LogP contribution in [0.3, 0.4) is 0 Å². The van der Waals surface area contributed by atoms with Crippen LogP contribution in [0.2, 0.25) is 0 Å². The highest BCUT2D eigenvalue weighted by Gasteiger charge is 2.34. The fourth-order valence-corrected chi connectivity index (χ4v) is 2.24. The summed E-state index contributed by atoms with van der Waals surface area (Å²) in [7, 11) is 4.21. The zero-order valence-corrected chi connectivity index (χ0v) is 9.17. The maximum atomic E-state index is 6.23. The van der Waals surface area contributed by atoms with Crippen molar-refractivity contribution >= 4 is 11.6 Å². The third-order valence-electron chi connectivity index (χ3n) is 2.59. The second-order valence-corrected chi connectivity index (χ2v) is 4.69. The molecular formula is C9H19ClN2.